The van der Waals surface area contributed by atoms with Crippen LogP contribution in [0, 0.1) is 0 Å². The molecule has 2 heterocycles. The molecule has 1 aromatic carbocycles. The fourth-order valence-electron chi connectivity index (χ4n) is 3.10. The van der Waals surface area contributed by atoms with Crippen LogP contribution >= 0.6 is 0 Å². The lowest BCUT2D eigenvalue weighted by Gasteiger charge is -2.34. The van der Waals surface area contributed by atoms with Gasteiger partial charge in [0.15, 0.2) is 0 Å². The lowest BCUT2D eigenvalue weighted by molar-refractivity contribution is 0.0778. The molecular weight excluding hydrogens is 330 g/mol. The normalized spacial score (nSPS) is 14.9. The van der Waals surface area contributed by atoms with Gasteiger partial charge in [-0.2, -0.15) is 0 Å². The summed E-state index contributed by atoms with van der Waals surface area (Å²) in [5.41, 5.74) is 3.33. The molecule has 0 atom stereocenters. The van der Waals surface area contributed by atoms with E-state index in [1.807, 2.05) is 37.5 Å². The molecule has 0 bridgehead atoms. The van der Waals surface area contributed by atoms with Crippen molar-refractivity contribution in [3.8, 4) is 16.9 Å². The highest BCUT2D eigenvalue weighted by Crippen LogP contribution is 2.24. The summed E-state index contributed by atoms with van der Waals surface area (Å²) in [7, 11) is 1.67. The van der Waals surface area contributed by atoms with Crippen molar-refractivity contribution in [2.45, 2.75) is 13.5 Å². The van der Waals surface area contributed by atoms with Crippen molar-refractivity contribution in [2.75, 3.05) is 39.9 Å². The van der Waals surface area contributed by atoms with Gasteiger partial charge in [-0.1, -0.05) is 12.1 Å². The summed E-state index contributed by atoms with van der Waals surface area (Å²) < 4.78 is 10.4. The van der Waals surface area contributed by atoms with Gasteiger partial charge in [-0.3, -0.25) is 9.88 Å². The van der Waals surface area contributed by atoms with E-state index in [2.05, 4.69) is 22.0 Å². The van der Waals surface area contributed by atoms with Crippen molar-refractivity contribution in [3.63, 3.8) is 0 Å². The minimum absolute atomic E-state index is 0.214. The molecule has 0 unspecified atom stereocenters. The summed E-state index contributed by atoms with van der Waals surface area (Å²) in [5.74, 6) is 0.836. The van der Waals surface area contributed by atoms with Gasteiger partial charge in [-0.05, 0) is 36.2 Å². The predicted molar refractivity (Wildman–Crippen MR) is 100 cm³/mol. The Hall–Kier alpha value is -2.60. The second-order valence-electron chi connectivity index (χ2n) is 6.28. The van der Waals surface area contributed by atoms with Gasteiger partial charge in [0.1, 0.15) is 5.75 Å². The summed E-state index contributed by atoms with van der Waals surface area (Å²) in [5, 5.41) is 0. The Morgan fingerprint density at radius 1 is 1.12 bits per heavy atom. The van der Waals surface area contributed by atoms with Crippen molar-refractivity contribution < 1.29 is 14.3 Å². The average molecular weight is 355 g/mol. The number of rotatable bonds is 5. The minimum Gasteiger partial charge on any atom is -0.497 e. The number of nitrogens with zero attached hydrogens (tertiary/aromatic N) is 3. The molecule has 0 saturated carbocycles. The molecular formula is C20H25N3O3. The summed E-state index contributed by atoms with van der Waals surface area (Å²) in [4.78, 5) is 20.3. The number of pyridine rings is 1. The number of ether oxygens (including phenoxy) is 2. The van der Waals surface area contributed by atoms with E-state index in [1.54, 1.807) is 12.0 Å². The second-order valence-corrected chi connectivity index (χ2v) is 6.28. The number of carbonyl (C=O) groups excluding carboxylic acids is 1. The number of amides is 1. The summed E-state index contributed by atoms with van der Waals surface area (Å²) in [6.45, 7) is 6.13. The molecule has 1 saturated heterocycles. The lowest BCUT2D eigenvalue weighted by Crippen LogP contribution is -2.48. The first-order valence-corrected chi connectivity index (χ1v) is 8.92. The van der Waals surface area contributed by atoms with Crippen LogP contribution in [-0.4, -0.2) is 60.8 Å². The zero-order chi connectivity index (χ0) is 18.4. The van der Waals surface area contributed by atoms with Crippen LogP contribution in [0.5, 0.6) is 5.75 Å². The Kier molecular flexibility index (Phi) is 6.07. The van der Waals surface area contributed by atoms with Crippen LogP contribution in [0.4, 0.5) is 4.79 Å². The molecule has 1 aromatic heterocycles. The second kappa shape index (κ2) is 8.67. The molecule has 1 fully saturated rings. The molecule has 138 valence electrons. The van der Waals surface area contributed by atoms with Gasteiger partial charge in [-0.15, -0.1) is 0 Å². The van der Waals surface area contributed by atoms with Crippen LogP contribution in [0.2, 0.25) is 0 Å². The first-order chi connectivity index (χ1) is 12.7. The van der Waals surface area contributed by atoms with Crippen LogP contribution in [-0.2, 0) is 11.3 Å². The number of hydrogen-bond donors (Lipinski definition) is 0. The predicted octanol–water partition coefficient (Wildman–Crippen LogP) is 3.03. The molecule has 0 spiro atoms. The largest absolute Gasteiger partial charge is 0.497 e. The summed E-state index contributed by atoms with van der Waals surface area (Å²) in [6.07, 6.45) is 3.56. The monoisotopic (exact) mass is 355 g/mol. The third-order valence-corrected chi connectivity index (χ3v) is 4.50. The van der Waals surface area contributed by atoms with Gasteiger partial charge in [0.2, 0.25) is 0 Å². The maximum atomic E-state index is 11.8. The van der Waals surface area contributed by atoms with Crippen molar-refractivity contribution in [1.82, 2.24) is 14.8 Å². The quantitative estimate of drug-likeness (QED) is 0.825. The Balaban J connectivity index is 1.62. The van der Waals surface area contributed by atoms with E-state index in [1.165, 1.54) is 0 Å². The van der Waals surface area contributed by atoms with E-state index < -0.39 is 0 Å². The molecule has 0 radical (unpaired) electrons. The van der Waals surface area contributed by atoms with Gasteiger partial charge in [-0.25, -0.2) is 4.79 Å². The van der Waals surface area contributed by atoms with Crippen LogP contribution in [0.1, 0.15) is 12.5 Å². The van der Waals surface area contributed by atoms with E-state index in [-0.39, 0.29) is 6.09 Å². The van der Waals surface area contributed by atoms with Crippen molar-refractivity contribution >= 4 is 6.09 Å². The zero-order valence-corrected chi connectivity index (χ0v) is 15.4. The van der Waals surface area contributed by atoms with Crippen LogP contribution in [0.3, 0.4) is 0 Å². The smallest absolute Gasteiger partial charge is 0.409 e. The molecule has 0 aliphatic carbocycles. The molecule has 0 N–H and O–H groups in total. The molecule has 26 heavy (non-hydrogen) atoms. The highest BCUT2D eigenvalue weighted by atomic mass is 16.6. The van der Waals surface area contributed by atoms with Crippen molar-refractivity contribution in [2.24, 2.45) is 0 Å². The van der Waals surface area contributed by atoms with Gasteiger partial charge in [0.25, 0.3) is 0 Å². The van der Waals surface area contributed by atoms with Crippen LogP contribution < -0.4 is 4.74 Å². The minimum atomic E-state index is -0.214. The zero-order valence-electron chi connectivity index (χ0n) is 15.4. The first kappa shape index (κ1) is 18.2. The maximum absolute atomic E-state index is 11.8. The van der Waals surface area contributed by atoms with Gasteiger partial charge >= 0.3 is 6.09 Å². The van der Waals surface area contributed by atoms with Gasteiger partial charge < -0.3 is 14.4 Å². The molecule has 1 aliphatic rings. The molecule has 1 amide bonds. The lowest BCUT2D eigenvalue weighted by atomic mass is 10.1. The number of hydrogen-bond acceptors (Lipinski definition) is 5. The van der Waals surface area contributed by atoms with Crippen LogP contribution in [0.25, 0.3) is 11.1 Å². The number of aromatic nitrogens is 1. The topological polar surface area (TPSA) is 54.9 Å². The molecule has 6 heteroatoms. The van der Waals surface area contributed by atoms with Gasteiger partial charge in [0.05, 0.1) is 13.7 Å². The average Bonchev–Trinajstić information content (AvgIpc) is 2.69. The summed E-state index contributed by atoms with van der Waals surface area (Å²) in [6, 6.07) is 10.2. The molecule has 2 aromatic rings. The first-order valence-electron chi connectivity index (χ1n) is 8.92. The van der Waals surface area contributed by atoms with Crippen molar-refractivity contribution in [3.05, 3.63) is 48.3 Å². The standard InChI is InChI=1S/C20H25N3O3/c1-3-26-20(24)23-9-7-22(8-10-23)15-16-11-18(14-21-13-16)17-5-4-6-19(12-17)25-2/h4-6,11-14H,3,7-10,15H2,1-2H3. The van der Waals surface area contributed by atoms with Crippen LogP contribution in [0.15, 0.2) is 42.7 Å². The fourth-order valence-corrected chi connectivity index (χ4v) is 3.10. The molecule has 6 nitrogen and oxygen atoms in total. The number of carbonyl (C=O) groups is 1. The molecule has 1 aliphatic heterocycles. The maximum Gasteiger partial charge on any atom is 0.409 e. The number of piperazine rings is 1. The van der Waals surface area contributed by atoms with E-state index >= 15 is 0 Å². The highest BCUT2D eigenvalue weighted by molar-refractivity contribution is 5.67. The number of benzene rings is 1. The van der Waals surface area contributed by atoms with E-state index in [0.717, 1.165) is 42.1 Å². The third-order valence-electron chi connectivity index (χ3n) is 4.50. The SMILES string of the molecule is CCOC(=O)N1CCN(Cc2cncc(-c3cccc(OC)c3)c2)CC1. The fraction of sp³-hybridized carbons (Fsp3) is 0.400. The van der Waals surface area contributed by atoms with E-state index in [0.29, 0.717) is 19.7 Å². The van der Waals surface area contributed by atoms with Crippen molar-refractivity contribution in [1.29, 1.82) is 0 Å². The summed E-state index contributed by atoms with van der Waals surface area (Å²) >= 11 is 0. The Bertz CT molecular complexity index is 743. The van der Waals surface area contributed by atoms with E-state index in [9.17, 15) is 4.79 Å². The highest BCUT2D eigenvalue weighted by Gasteiger charge is 2.21. The Labute approximate surface area is 154 Å². The Morgan fingerprint density at radius 3 is 2.65 bits per heavy atom. The Morgan fingerprint density at radius 2 is 1.92 bits per heavy atom. The van der Waals surface area contributed by atoms with E-state index in [4.69, 9.17) is 9.47 Å². The van der Waals surface area contributed by atoms with Gasteiger partial charge in [0, 0.05) is 50.7 Å². The third kappa shape index (κ3) is 4.52. The number of methoxy groups -OCH3 is 1. The molecule has 3 rings (SSSR count).